The van der Waals surface area contributed by atoms with Crippen molar-refractivity contribution in [2.24, 2.45) is 5.92 Å². The molecule has 0 amide bonds. The van der Waals surface area contributed by atoms with E-state index in [-0.39, 0.29) is 29.9 Å². The van der Waals surface area contributed by atoms with Crippen molar-refractivity contribution < 1.29 is 23.8 Å². The maximum absolute atomic E-state index is 13.1. The summed E-state index contributed by atoms with van der Waals surface area (Å²) in [6.07, 6.45) is 2.80. The molecular weight excluding hydrogens is 368 g/mol. The molecule has 0 spiro atoms. The van der Waals surface area contributed by atoms with Crippen molar-refractivity contribution in [3.8, 4) is 5.75 Å². The zero-order valence-corrected chi connectivity index (χ0v) is 16.6. The van der Waals surface area contributed by atoms with Gasteiger partial charge in [0.15, 0.2) is 5.78 Å². The number of rotatable bonds is 4. The number of ether oxygens (including phenoxy) is 3. The molecule has 0 saturated heterocycles. The number of para-hydroxylation sites is 1. The second-order valence-electron chi connectivity index (χ2n) is 7.53. The zero-order chi connectivity index (χ0) is 20.4. The van der Waals surface area contributed by atoms with E-state index in [1.807, 2.05) is 49.4 Å². The molecule has 0 aromatic heterocycles. The Hall–Kier alpha value is -3.08. The molecule has 1 fully saturated rings. The van der Waals surface area contributed by atoms with E-state index in [1.54, 1.807) is 13.2 Å². The number of ketones is 1. The highest BCUT2D eigenvalue weighted by atomic mass is 16.5. The Morgan fingerprint density at radius 2 is 1.83 bits per heavy atom. The van der Waals surface area contributed by atoms with Crippen molar-refractivity contribution in [1.29, 1.82) is 0 Å². The number of hydrogen-bond acceptors (Lipinski definition) is 5. The lowest BCUT2D eigenvalue weighted by molar-refractivity contribution is -0.126. The summed E-state index contributed by atoms with van der Waals surface area (Å²) >= 11 is 0. The van der Waals surface area contributed by atoms with Gasteiger partial charge in [-0.25, -0.2) is 4.79 Å². The number of Topliss-reactive ketones (excluding diaryl/α,β-unsaturated/α-hetero) is 1. The van der Waals surface area contributed by atoms with Gasteiger partial charge in [-0.3, -0.25) is 4.79 Å². The third kappa shape index (κ3) is 3.77. The van der Waals surface area contributed by atoms with Crippen molar-refractivity contribution in [3.05, 3.63) is 71.5 Å². The monoisotopic (exact) mass is 392 g/mol. The highest BCUT2D eigenvalue weighted by Crippen LogP contribution is 2.39. The van der Waals surface area contributed by atoms with Gasteiger partial charge in [0.2, 0.25) is 0 Å². The SMILES string of the molecule is COc1ccccc1C1=COC2CC(OC(=O)c3ccccc3C)CCC2C1=O. The number of carbonyl (C=O) groups is 2. The summed E-state index contributed by atoms with van der Waals surface area (Å²) in [6, 6.07) is 14.8. The topological polar surface area (TPSA) is 61.8 Å². The highest BCUT2D eigenvalue weighted by Gasteiger charge is 2.42. The first kappa shape index (κ1) is 19.2. The van der Waals surface area contributed by atoms with Crippen LogP contribution in [0.4, 0.5) is 0 Å². The maximum atomic E-state index is 13.1. The van der Waals surface area contributed by atoms with Crippen LogP contribution in [0.5, 0.6) is 5.75 Å². The van der Waals surface area contributed by atoms with E-state index >= 15 is 0 Å². The molecule has 3 unspecified atom stereocenters. The van der Waals surface area contributed by atoms with E-state index in [0.29, 0.717) is 36.1 Å². The minimum absolute atomic E-state index is 0.0643. The minimum Gasteiger partial charge on any atom is -0.496 e. The van der Waals surface area contributed by atoms with E-state index in [1.165, 1.54) is 6.26 Å². The number of carbonyl (C=O) groups excluding carboxylic acids is 2. The van der Waals surface area contributed by atoms with Crippen molar-refractivity contribution in [2.45, 2.75) is 38.4 Å². The molecule has 1 saturated carbocycles. The smallest absolute Gasteiger partial charge is 0.338 e. The van der Waals surface area contributed by atoms with Crippen LogP contribution in [0.25, 0.3) is 5.57 Å². The summed E-state index contributed by atoms with van der Waals surface area (Å²) in [5.74, 6) is 0.164. The minimum atomic E-state index is -0.320. The molecule has 150 valence electrons. The second kappa shape index (κ2) is 8.11. The van der Waals surface area contributed by atoms with Crippen LogP contribution in [0.3, 0.4) is 0 Å². The Bertz CT molecular complexity index is 961. The lowest BCUT2D eigenvalue weighted by Gasteiger charge is -2.37. The summed E-state index contributed by atoms with van der Waals surface area (Å²) in [5.41, 5.74) is 2.75. The third-order valence-electron chi connectivity index (χ3n) is 5.74. The number of hydrogen-bond donors (Lipinski definition) is 0. The van der Waals surface area contributed by atoms with Gasteiger partial charge in [-0.05, 0) is 37.5 Å². The fourth-order valence-corrected chi connectivity index (χ4v) is 4.14. The van der Waals surface area contributed by atoms with Gasteiger partial charge in [-0.15, -0.1) is 0 Å². The normalized spacial score (nSPS) is 23.4. The molecule has 1 aliphatic carbocycles. The standard InChI is InChI=1S/C24H24O5/c1-15-7-3-4-8-17(15)24(26)29-16-11-12-19-22(13-16)28-14-20(23(19)25)18-9-5-6-10-21(18)27-2/h3-10,14,16,19,22H,11-13H2,1-2H3. The molecular formula is C24H24O5. The van der Waals surface area contributed by atoms with Crippen LogP contribution in [0.1, 0.15) is 40.7 Å². The summed E-state index contributed by atoms with van der Waals surface area (Å²) in [7, 11) is 1.59. The Kier molecular flexibility index (Phi) is 5.38. The van der Waals surface area contributed by atoms with E-state index < -0.39 is 0 Å². The zero-order valence-electron chi connectivity index (χ0n) is 16.6. The van der Waals surface area contributed by atoms with Gasteiger partial charge in [-0.1, -0.05) is 36.4 Å². The average Bonchev–Trinajstić information content (AvgIpc) is 2.74. The first-order chi connectivity index (χ1) is 14.1. The lowest BCUT2D eigenvalue weighted by Crippen LogP contribution is -2.42. The van der Waals surface area contributed by atoms with Gasteiger partial charge in [0.05, 0.1) is 30.4 Å². The Balaban J connectivity index is 1.47. The Labute approximate surface area is 170 Å². The maximum Gasteiger partial charge on any atom is 0.338 e. The van der Waals surface area contributed by atoms with E-state index in [2.05, 4.69) is 0 Å². The van der Waals surface area contributed by atoms with Crippen molar-refractivity contribution in [3.63, 3.8) is 0 Å². The first-order valence-corrected chi connectivity index (χ1v) is 9.88. The average molecular weight is 392 g/mol. The van der Waals surface area contributed by atoms with Gasteiger partial charge < -0.3 is 14.2 Å². The third-order valence-corrected chi connectivity index (χ3v) is 5.74. The van der Waals surface area contributed by atoms with Crippen LogP contribution in [0, 0.1) is 12.8 Å². The number of methoxy groups -OCH3 is 1. The van der Waals surface area contributed by atoms with Crippen molar-refractivity contribution >= 4 is 17.3 Å². The summed E-state index contributed by atoms with van der Waals surface area (Å²) in [6.45, 7) is 1.89. The first-order valence-electron chi connectivity index (χ1n) is 9.88. The number of benzene rings is 2. The number of fused-ring (bicyclic) bond motifs is 1. The van der Waals surface area contributed by atoms with Crippen LogP contribution < -0.4 is 4.74 Å². The van der Waals surface area contributed by atoms with Gasteiger partial charge in [0, 0.05) is 12.0 Å². The summed E-state index contributed by atoms with van der Waals surface area (Å²) in [4.78, 5) is 25.6. The molecule has 0 N–H and O–H groups in total. The van der Waals surface area contributed by atoms with Gasteiger partial charge in [0.1, 0.15) is 18.0 Å². The number of allylic oxidation sites excluding steroid dienone is 1. The van der Waals surface area contributed by atoms with Gasteiger partial charge >= 0.3 is 5.97 Å². The van der Waals surface area contributed by atoms with Crippen LogP contribution in [-0.2, 0) is 14.3 Å². The molecule has 5 heteroatoms. The Morgan fingerprint density at radius 1 is 1.07 bits per heavy atom. The van der Waals surface area contributed by atoms with E-state index in [0.717, 1.165) is 11.1 Å². The van der Waals surface area contributed by atoms with E-state index in [4.69, 9.17) is 14.2 Å². The molecule has 3 atom stereocenters. The fourth-order valence-electron chi connectivity index (χ4n) is 4.14. The summed E-state index contributed by atoms with van der Waals surface area (Å²) in [5, 5.41) is 0. The lowest BCUT2D eigenvalue weighted by atomic mass is 9.77. The molecule has 2 aromatic rings. The van der Waals surface area contributed by atoms with Crippen LogP contribution in [0.2, 0.25) is 0 Å². The number of aryl methyl sites for hydroxylation is 1. The second-order valence-corrected chi connectivity index (χ2v) is 7.53. The van der Waals surface area contributed by atoms with Crippen LogP contribution >= 0.6 is 0 Å². The van der Waals surface area contributed by atoms with Gasteiger partial charge in [-0.2, -0.15) is 0 Å². The largest absolute Gasteiger partial charge is 0.496 e. The molecule has 29 heavy (non-hydrogen) atoms. The molecule has 1 aliphatic heterocycles. The molecule has 2 aliphatic rings. The molecule has 4 rings (SSSR count). The highest BCUT2D eigenvalue weighted by molar-refractivity contribution is 6.22. The summed E-state index contributed by atoms with van der Waals surface area (Å²) < 4.78 is 17.0. The van der Waals surface area contributed by atoms with Crippen molar-refractivity contribution in [2.75, 3.05) is 7.11 Å². The predicted molar refractivity (Wildman–Crippen MR) is 109 cm³/mol. The van der Waals surface area contributed by atoms with Crippen LogP contribution in [-0.4, -0.2) is 31.1 Å². The quantitative estimate of drug-likeness (QED) is 0.725. The van der Waals surface area contributed by atoms with Gasteiger partial charge in [0.25, 0.3) is 0 Å². The molecule has 0 radical (unpaired) electrons. The van der Waals surface area contributed by atoms with Crippen LogP contribution in [0.15, 0.2) is 54.8 Å². The number of esters is 1. The Morgan fingerprint density at radius 3 is 2.62 bits per heavy atom. The molecule has 2 aromatic carbocycles. The van der Waals surface area contributed by atoms with E-state index in [9.17, 15) is 9.59 Å². The molecule has 5 nitrogen and oxygen atoms in total. The molecule has 0 bridgehead atoms. The molecule has 1 heterocycles. The fraction of sp³-hybridized carbons (Fsp3) is 0.333. The predicted octanol–water partition coefficient (Wildman–Crippen LogP) is 4.34. The van der Waals surface area contributed by atoms with Crippen molar-refractivity contribution in [1.82, 2.24) is 0 Å².